The lowest BCUT2D eigenvalue weighted by Crippen LogP contribution is -2.53. The number of carbonyl (C=O) groups is 3. The number of methoxy groups -OCH3 is 1. The zero-order chi connectivity index (χ0) is 24.0. The summed E-state index contributed by atoms with van der Waals surface area (Å²) in [7, 11) is 1.44. The zero-order valence-corrected chi connectivity index (χ0v) is 20.0. The highest BCUT2D eigenvalue weighted by Crippen LogP contribution is 2.37. The maximum Gasteiger partial charge on any atom is 0.265 e. The van der Waals surface area contributed by atoms with Gasteiger partial charge >= 0.3 is 0 Å². The van der Waals surface area contributed by atoms with Crippen LogP contribution < -0.4 is 20.1 Å². The number of nitrogens with zero attached hydrogens (tertiary/aromatic N) is 1. The average molecular weight is 530 g/mol. The van der Waals surface area contributed by atoms with Crippen LogP contribution in [0.2, 0.25) is 0 Å². The van der Waals surface area contributed by atoms with Crippen LogP contribution in [0.3, 0.4) is 0 Å². The van der Waals surface area contributed by atoms with Crippen molar-refractivity contribution < 1.29 is 23.9 Å². The van der Waals surface area contributed by atoms with Gasteiger partial charge in [0.05, 0.1) is 11.6 Å². The number of thiocarbonyl (C=S) groups is 1. The molecule has 0 saturated carbocycles. The number of para-hydroxylation sites is 1. The third kappa shape index (κ3) is 5.85. The van der Waals surface area contributed by atoms with Crippen LogP contribution in [0.5, 0.6) is 11.5 Å². The Labute approximate surface area is 204 Å². The summed E-state index contributed by atoms with van der Waals surface area (Å²) in [5.74, 6) is -0.860. The lowest BCUT2D eigenvalue weighted by atomic mass is 10.1. The van der Waals surface area contributed by atoms with Crippen molar-refractivity contribution in [3.8, 4) is 11.5 Å². The Hall–Kier alpha value is -3.50. The topological polar surface area (TPSA) is 97.0 Å². The predicted octanol–water partition coefficient (Wildman–Crippen LogP) is 3.29. The fraction of sp³-hybridized carbons (Fsp3) is 0.130. The Morgan fingerprint density at radius 2 is 2.00 bits per heavy atom. The molecule has 10 heteroatoms. The van der Waals surface area contributed by atoms with Crippen molar-refractivity contribution >= 4 is 62.7 Å². The van der Waals surface area contributed by atoms with E-state index in [2.05, 4.69) is 33.1 Å². The number of carbonyl (C=O) groups excluding carboxylic acids is 3. The number of nitrogens with one attached hydrogen (secondary N) is 2. The summed E-state index contributed by atoms with van der Waals surface area (Å²) in [6.45, 7) is 3.51. The van der Waals surface area contributed by atoms with Crippen LogP contribution in [0.25, 0.3) is 6.08 Å². The van der Waals surface area contributed by atoms with E-state index in [4.69, 9.17) is 21.7 Å². The first-order valence-corrected chi connectivity index (χ1v) is 10.9. The Bertz CT molecular complexity index is 1150. The number of amides is 3. The molecule has 0 unspecified atom stereocenters. The maximum absolute atomic E-state index is 12.7. The first-order chi connectivity index (χ1) is 15.8. The Balaban J connectivity index is 1.80. The number of anilines is 1. The van der Waals surface area contributed by atoms with Crippen LogP contribution in [0.15, 0.2) is 65.2 Å². The molecule has 0 aromatic heterocycles. The summed E-state index contributed by atoms with van der Waals surface area (Å²) < 4.78 is 11.5. The second kappa shape index (κ2) is 10.9. The smallest absolute Gasteiger partial charge is 0.265 e. The normalized spacial score (nSPS) is 14.7. The summed E-state index contributed by atoms with van der Waals surface area (Å²) in [4.78, 5) is 38.5. The van der Waals surface area contributed by atoms with Crippen LogP contribution >= 0.6 is 28.1 Å². The largest absolute Gasteiger partial charge is 0.493 e. The van der Waals surface area contributed by atoms with Crippen LogP contribution in [0, 0.1) is 0 Å². The highest BCUT2D eigenvalue weighted by Gasteiger charge is 2.32. The Morgan fingerprint density at radius 3 is 2.67 bits per heavy atom. The van der Waals surface area contributed by atoms with Crippen molar-refractivity contribution in [3.05, 3.63) is 70.7 Å². The lowest BCUT2D eigenvalue weighted by molar-refractivity contribution is -0.128. The molecule has 2 aromatic rings. The molecule has 2 aromatic carbocycles. The molecule has 1 fully saturated rings. The third-order valence-corrected chi connectivity index (χ3v) is 5.38. The van der Waals surface area contributed by atoms with Crippen molar-refractivity contribution in [1.82, 2.24) is 10.2 Å². The standard InChI is InChI=1S/C23H20BrN3O5S/c1-3-9-27-22(30)16(21(29)26-23(27)33)10-14-11-17(24)20(18(12-14)31-2)32-13-19(28)25-15-7-5-4-6-8-15/h3-8,10-12H,1,9,13H2,2H3,(H,25,28)(H,26,29,33)/b16-10+. The molecular formula is C23H20BrN3O5S. The van der Waals surface area contributed by atoms with Gasteiger partial charge in [-0.2, -0.15) is 0 Å². The number of ether oxygens (including phenoxy) is 2. The van der Waals surface area contributed by atoms with Gasteiger partial charge < -0.3 is 14.8 Å². The molecule has 0 radical (unpaired) electrons. The van der Waals surface area contributed by atoms with E-state index < -0.39 is 11.8 Å². The van der Waals surface area contributed by atoms with E-state index in [1.54, 1.807) is 24.3 Å². The van der Waals surface area contributed by atoms with E-state index >= 15 is 0 Å². The van der Waals surface area contributed by atoms with Crippen LogP contribution in [0.1, 0.15) is 5.56 Å². The van der Waals surface area contributed by atoms with Gasteiger partial charge in [-0.1, -0.05) is 24.3 Å². The van der Waals surface area contributed by atoms with Gasteiger partial charge in [0, 0.05) is 12.2 Å². The summed E-state index contributed by atoms with van der Waals surface area (Å²) in [5.41, 5.74) is 1.07. The van der Waals surface area contributed by atoms with E-state index in [9.17, 15) is 14.4 Å². The number of rotatable bonds is 8. The average Bonchev–Trinajstić information content (AvgIpc) is 2.79. The van der Waals surface area contributed by atoms with Gasteiger partial charge in [-0.25, -0.2) is 0 Å². The molecule has 8 nitrogen and oxygen atoms in total. The summed E-state index contributed by atoms with van der Waals surface area (Å²) >= 11 is 8.46. The van der Waals surface area contributed by atoms with Crippen molar-refractivity contribution in [2.24, 2.45) is 0 Å². The van der Waals surface area contributed by atoms with E-state index in [0.717, 1.165) is 0 Å². The minimum absolute atomic E-state index is 0.0262. The number of hydrogen-bond acceptors (Lipinski definition) is 6. The van der Waals surface area contributed by atoms with Crippen LogP contribution in [-0.4, -0.2) is 48.0 Å². The summed E-state index contributed by atoms with van der Waals surface area (Å²) in [6.07, 6.45) is 2.94. The molecule has 0 atom stereocenters. The predicted molar refractivity (Wildman–Crippen MR) is 132 cm³/mol. The number of halogens is 1. The maximum atomic E-state index is 12.7. The monoisotopic (exact) mass is 529 g/mol. The van der Waals surface area contributed by atoms with Crippen LogP contribution in [0.4, 0.5) is 5.69 Å². The van der Waals surface area contributed by atoms with E-state index in [0.29, 0.717) is 27.2 Å². The van der Waals surface area contributed by atoms with E-state index in [-0.39, 0.29) is 29.7 Å². The molecule has 0 spiro atoms. The molecule has 170 valence electrons. The fourth-order valence-corrected chi connectivity index (χ4v) is 3.80. The molecule has 1 saturated heterocycles. The molecule has 0 aliphatic carbocycles. The minimum atomic E-state index is -0.599. The molecule has 2 N–H and O–H groups in total. The molecule has 3 amide bonds. The molecule has 33 heavy (non-hydrogen) atoms. The SMILES string of the molecule is C=CCN1C(=O)/C(=C/c2cc(Br)c(OCC(=O)Nc3ccccc3)c(OC)c2)C(=O)NC1=S. The Kier molecular flexibility index (Phi) is 7.96. The van der Waals surface area contributed by atoms with Gasteiger partial charge in [0.1, 0.15) is 5.57 Å². The Morgan fingerprint density at radius 1 is 1.27 bits per heavy atom. The molecule has 3 rings (SSSR count). The van der Waals surface area contributed by atoms with Gasteiger partial charge in [0.25, 0.3) is 17.7 Å². The van der Waals surface area contributed by atoms with Gasteiger partial charge in [0.15, 0.2) is 23.2 Å². The molecular weight excluding hydrogens is 510 g/mol. The van der Waals surface area contributed by atoms with Gasteiger partial charge in [-0.3, -0.25) is 24.6 Å². The molecule has 0 bridgehead atoms. The molecule has 1 aliphatic rings. The molecule has 1 heterocycles. The van der Waals surface area contributed by atoms with E-state index in [1.165, 1.54) is 24.2 Å². The second-order valence-corrected chi connectivity index (χ2v) is 8.00. The summed E-state index contributed by atoms with van der Waals surface area (Å²) in [6, 6.07) is 12.2. The number of hydrogen-bond donors (Lipinski definition) is 2. The van der Waals surface area contributed by atoms with E-state index in [1.807, 2.05) is 18.2 Å². The van der Waals surface area contributed by atoms with Crippen molar-refractivity contribution in [2.75, 3.05) is 25.6 Å². The quantitative estimate of drug-likeness (QED) is 0.236. The second-order valence-electron chi connectivity index (χ2n) is 6.76. The first-order valence-electron chi connectivity index (χ1n) is 9.69. The van der Waals surface area contributed by atoms with Crippen molar-refractivity contribution in [3.63, 3.8) is 0 Å². The molecule has 1 aliphatic heterocycles. The summed E-state index contributed by atoms with van der Waals surface area (Å²) in [5, 5.41) is 5.25. The highest BCUT2D eigenvalue weighted by atomic mass is 79.9. The zero-order valence-electron chi connectivity index (χ0n) is 17.6. The third-order valence-electron chi connectivity index (χ3n) is 4.47. The fourth-order valence-electron chi connectivity index (χ4n) is 2.98. The van der Waals surface area contributed by atoms with Gasteiger partial charge in [-0.05, 0) is 64.1 Å². The van der Waals surface area contributed by atoms with Crippen molar-refractivity contribution in [2.45, 2.75) is 0 Å². The lowest BCUT2D eigenvalue weighted by Gasteiger charge is -2.27. The minimum Gasteiger partial charge on any atom is -0.493 e. The number of benzene rings is 2. The van der Waals surface area contributed by atoms with Crippen molar-refractivity contribution in [1.29, 1.82) is 0 Å². The highest BCUT2D eigenvalue weighted by molar-refractivity contribution is 9.10. The van der Waals surface area contributed by atoms with Gasteiger partial charge in [-0.15, -0.1) is 6.58 Å². The van der Waals surface area contributed by atoms with Gasteiger partial charge in [0.2, 0.25) is 0 Å². The first kappa shape index (κ1) is 24.1. The van der Waals surface area contributed by atoms with Crippen LogP contribution in [-0.2, 0) is 14.4 Å².